The number of thiol groups is 2. The van der Waals surface area contributed by atoms with E-state index < -0.39 is 0 Å². The van der Waals surface area contributed by atoms with Gasteiger partial charge in [0.25, 0.3) is 0 Å². The Labute approximate surface area is 95.7 Å². The van der Waals surface area contributed by atoms with Gasteiger partial charge in [-0.15, -0.1) is 0 Å². The molecular formula is H6CuGeS4Zn. The van der Waals surface area contributed by atoms with E-state index in [1.807, 2.05) is 0 Å². The van der Waals surface area contributed by atoms with Crippen molar-refractivity contribution in [3.63, 3.8) is 0 Å². The van der Waals surface area contributed by atoms with Crippen LogP contribution >= 0.6 is 43.0 Å². The normalized spacial score (nSPS) is 4.29. The summed E-state index contributed by atoms with van der Waals surface area (Å²) in [7, 11) is 2.66. The van der Waals surface area contributed by atoms with Crippen LogP contribution in [0.4, 0.5) is 0 Å². The van der Waals surface area contributed by atoms with Crippen LogP contribution in [0.1, 0.15) is 0 Å². The second-order valence-electron chi connectivity index (χ2n) is 0.149. The molecule has 0 nitrogen and oxygen atoms in total. The molecule has 0 bridgehead atoms. The Kier molecular flexibility index (Phi) is 73.8. The maximum absolute atomic E-state index is 3.72. The summed E-state index contributed by atoms with van der Waals surface area (Å²) in [6.07, 6.45) is 0. The molecule has 0 rings (SSSR count). The van der Waals surface area contributed by atoms with E-state index in [1.165, 1.54) is 19.7 Å². The first kappa shape index (κ1) is 22.5. The standard InChI is InChI=1S/Cu.GeH4.H2S4.Zn/c;;1-3-4-2;/h;1H4;1-2H;. The molecule has 7 heavy (non-hydrogen) atoms. The molecule has 0 aliphatic carbocycles. The predicted molar refractivity (Wildman–Crippen MR) is 44.5 cm³/mol. The van der Waals surface area contributed by atoms with Crippen LogP contribution < -0.4 is 0 Å². The SMILES string of the molecule is SSSS.[Cu].[GeH4].[Zn]. The number of rotatable bonds is 1. The molecule has 0 amide bonds. The van der Waals surface area contributed by atoms with Gasteiger partial charge < -0.3 is 0 Å². The largest absolute Gasteiger partial charge is 0 e. The summed E-state index contributed by atoms with van der Waals surface area (Å²) in [6, 6.07) is 0. The zero-order chi connectivity index (χ0) is 3.41. The molecule has 0 N–H and O–H groups in total. The van der Waals surface area contributed by atoms with E-state index in [1.54, 1.807) is 0 Å². The van der Waals surface area contributed by atoms with E-state index in [9.17, 15) is 0 Å². The van der Waals surface area contributed by atoms with Crippen LogP contribution in [0.3, 0.4) is 0 Å². The van der Waals surface area contributed by atoms with Gasteiger partial charge in [0.05, 0.1) is 0 Å². The minimum Gasteiger partial charge on any atom is 0 e. The van der Waals surface area contributed by atoms with E-state index in [0.717, 1.165) is 0 Å². The van der Waals surface area contributed by atoms with Crippen molar-refractivity contribution < 1.29 is 36.5 Å². The predicted octanol–water partition coefficient (Wildman–Crippen LogP) is 0.601. The molecule has 0 aliphatic heterocycles. The van der Waals surface area contributed by atoms with Crippen LogP contribution in [0.5, 0.6) is 0 Å². The summed E-state index contributed by atoms with van der Waals surface area (Å²) in [5.41, 5.74) is 0. The van der Waals surface area contributed by atoms with Crippen molar-refractivity contribution in [2.75, 3.05) is 0 Å². The molecule has 1 radical (unpaired) electrons. The Morgan fingerprint density at radius 2 is 1.14 bits per heavy atom. The monoisotopic (exact) mass is 335 g/mol. The van der Waals surface area contributed by atoms with Crippen molar-refractivity contribution in [3.05, 3.63) is 0 Å². The first-order chi connectivity index (χ1) is 1.91. The van der Waals surface area contributed by atoms with Crippen LogP contribution in [-0.2, 0) is 36.5 Å². The maximum atomic E-state index is 3.72. The molecule has 0 fully saturated rings. The van der Waals surface area contributed by atoms with Crippen molar-refractivity contribution in [1.29, 1.82) is 0 Å². The molecule has 0 unspecified atom stereocenters. The summed E-state index contributed by atoms with van der Waals surface area (Å²) in [4.78, 5) is 0. The van der Waals surface area contributed by atoms with Gasteiger partial charge >= 0.3 is 17.6 Å². The van der Waals surface area contributed by atoms with E-state index >= 15 is 0 Å². The topological polar surface area (TPSA) is 0 Å². The van der Waals surface area contributed by atoms with Gasteiger partial charge in [0.2, 0.25) is 0 Å². The summed E-state index contributed by atoms with van der Waals surface area (Å²) in [6.45, 7) is 0. The molecule has 0 aromatic heterocycles. The minimum absolute atomic E-state index is 0. The van der Waals surface area contributed by atoms with Crippen molar-refractivity contribution in [2.24, 2.45) is 0 Å². The maximum Gasteiger partial charge on any atom is 0 e. The zero-order valence-electron chi connectivity index (χ0n) is 2.72. The molecule has 0 saturated heterocycles. The van der Waals surface area contributed by atoms with Crippen LogP contribution in [0, 0.1) is 0 Å². The van der Waals surface area contributed by atoms with Crippen molar-refractivity contribution in [2.45, 2.75) is 0 Å². The minimum atomic E-state index is 0. The van der Waals surface area contributed by atoms with Gasteiger partial charge in [-0.05, 0) is 19.7 Å². The van der Waals surface area contributed by atoms with E-state index in [-0.39, 0.29) is 54.1 Å². The summed E-state index contributed by atoms with van der Waals surface area (Å²) < 4.78 is 0. The molecule has 7 heteroatoms. The third kappa shape index (κ3) is 27.3. The first-order valence-corrected chi connectivity index (χ1v) is 4.79. The van der Waals surface area contributed by atoms with Crippen molar-refractivity contribution in [3.8, 4) is 0 Å². The quantitative estimate of drug-likeness (QED) is 0.409. The van der Waals surface area contributed by atoms with Crippen molar-refractivity contribution >= 4 is 60.6 Å². The zero-order valence-corrected chi connectivity index (χ0v) is 10.1. The van der Waals surface area contributed by atoms with Gasteiger partial charge in [-0.2, -0.15) is 0 Å². The van der Waals surface area contributed by atoms with Crippen LogP contribution in [-0.4, -0.2) is 17.6 Å². The fraction of sp³-hybridized carbons (Fsp3) is 0. The first-order valence-electron chi connectivity index (χ1n) is 0.532. The molecule has 0 aliphatic rings. The molecule has 0 aromatic carbocycles. The van der Waals surface area contributed by atoms with E-state index in [0.29, 0.717) is 0 Å². The fourth-order valence-electron chi connectivity index (χ4n) is 0. The third-order valence-corrected chi connectivity index (χ3v) is 2.70. The number of hydrogen-bond acceptors (Lipinski definition) is 4. The molecule has 0 atom stereocenters. The van der Waals surface area contributed by atoms with Crippen molar-refractivity contribution in [1.82, 2.24) is 0 Å². The Bertz CT molecular complexity index is 13.7. The molecule has 0 aromatic rings. The third-order valence-electron chi connectivity index (χ3n) is 0.0333. The smallest absolute Gasteiger partial charge is 0 e. The van der Waals surface area contributed by atoms with Gasteiger partial charge in [0.15, 0.2) is 0 Å². The second-order valence-corrected chi connectivity index (χ2v) is 4.02. The molecule has 0 saturated carbocycles. The summed E-state index contributed by atoms with van der Waals surface area (Å²) >= 11 is 7.45. The van der Waals surface area contributed by atoms with Gasteiger partial charge in [-0.1, -0.05) is 23.3 Å². The van der Waals surface area contributed by atoms with E-state index in [2.05, 4.69) is 23.3 Å². The van der Waals surface area contributed by atoms with Gasteiger partial charge in [0, 0.05) is 36.5 Å². The molecule has 47 valence electrons. The fourth-order valence-corrected chi connectivity index (χ4v) is 0. The van der Waals surface area contributed by atoms with Gasteiger partial charge in [-0.25, -0.2) is 0 Å². The average molecular weight is 336 g/mol. The Morgan fingerprint density at radius 3 is 1.14 bits per heavy atom. The summed E-state index contributed by atoms with van der Waals surface area (Å²) in [5.74, 6) is 0. The Hall–Kier alpha value is 3.09. The molecule has 0 spiro atoms. The summed E-state index contributed by atoms with van der Waals surface area (Å²) in [5, 5.41) is 0. The molecule has 0 heterocycles. The number of hydrogen-bond donors (Lipinski definition) is 2. The molecular weight excluding hydrogens is 330 g/mol. The van der Waals surface area contributed by atoms with Crippen LogP contribution in [0.25, 0.3) is 0 Å². The van der Waals surface area contributed by atoms with Crippen LogP contribution in [0.15, 0.2) is 0 Å². The Morgan fingerprint density at radius 1 is 1.00 bits per heavy atom. The van der Waals surface area contributed by atoms with Crippen LogP contribution in [0.2, 0.25) is 0 Å². The Balaban J connectivity index is -0.0000000150. The van der Waals surface area contributed by atoms with E-state index in [4.69, 9.17) is 0 Å². The second kappa shape index (κ2) is 23.0. The van der Waals surface area contributed by atoms with Gasteiger partial charge in [0.1, 0.15) is 0 Å². The average Bonchev–Trinajstić information content (AvgIpc) is 1.37. The van der Waals surface area contributed by atoms with Gasteiger partial charge in [-0.3, -0.25) is 0 Å².